The van der Waals surface area contributed by atoms with Gasteiger partial charge in [0.05, 0.1) is 4.92 Å². The molecule has 1 atom stereocenters. The number of nitrogens with zero attached hydrogens (tertiary/aromatic N) is 1. The summed E-state index contributed by atoms with van der Waals surface area (Å²) in [5.41, 5.74) is -0.507. The minimum absolute atomic E-state index is 0.0920. The summed E-state index contributed by atoms with van der Waals surface area (Å²) in [4.78, 5) is 34.8. The number of hydrogen-bond acceptors (Lipinski definition) is 5. The van der Waals surface area contributed by atoms with E-state index in [1.54, 1.807) is 6.92 Å². The Hall–Kier alpha value is -3.00. The molecule has 2 aromatic rings. The molecular weight excluding hydrogens is 367 g/mol. The second kappa shape index (κ2) is 8.39. The zero-order chi connectivity index (χ0) is 19.3. The summed E-state index contributed by atoms with van der Waals surface area (Å²) < 4.78 is 18.0. The maximum Gasteiger partial charge on any atom is 0.345 e. The molecule has 1 amide bonds. The smallest absolute Gasteiger partial charge is 0.345 e. The van der Waals surface area contributed by atoms with Gasteiger partial charge in [0, 0.05) is 16.8 Å². The lowest BCUT2D eigenvalue weighted by molar-refractivity contribution is -0.385. The molecule has 26 heavy (non-hydrogen) atoms. The van der Waals surface area contributed by atoms with Crippen LogP contribution in [0.5, 0.6) is 0 Å². The first-order valence-corrected chi connectivity index (χ1v) is 7.91. The van der Waals surface area contributed by atoms with Crippen LogP contribution in [-0.4, -0.2) is 22.9 Å². The van der Waals surface area contributed by atoms with Crippen molar-refractivity contribution in [2.24, 2.45) is 0 Å². The molecule has 0 aliphatic carbocycles. The number of carbonyl (C=O) groups excluding carboxylic acids is 2. The second-order valence-corrected chi connectivity index (χ2v) is 5.65. The number of benzene rings is 2. The first kappa shape index (κ1) is 19.3. The maximum atomic E-state index is 12.9. The Morgan fingerprint density at radius 3 is 2.50 bits per heavy atom. The maximum absolute atomic E-state index is 12.9. The van der Waals surface area contributed by atoms with Crippen LogP contribution in [0.25, 0.3) is 0 Å². The summed E-state index contributed by atoms with van der Waals surface area (Å²) in [6.45, 7) is 1.61. The summed E-state index contributed by atoms with van der Waals surface area (Å²) in [6.07, 6.45) is -1.04. The van der Waals surface area contributed by atoms with Crippen LogP contribution < -0.4 is 5.32 Å². The third-order valence-electron chi connectivity index (χ3n) is 3.40. The molecule has 0 spiro atoms. The number of nitrogens with one attached hydrogen (secondary N) is 1. The number of carbonyl (C=O) groups is 2. The summed E-state index contributed by atoms with van der Waals surface area (Å²) in [7, 11) is 0. The van der Waals surface area contributed by atoms with E-state index in [2.05, 4.69) is 5.32 Å². The molecule has 2 aromatic carbocycles. The van der Waals surface area contributed by atoms with Crippen LogP contribution in [0.3, 0.4) is 0 Å². The molecule has 1 N–H and O–H groups in total. The largest absolute Gasteiger partial charge is 0.448 e. The van der Waals surface area contributed by atoms with Crippen molar-refractivity contribution >= 4 is 34.9 Å². The Kier molecular flexibility index (Phi) is 6.24. The normalized spacial score (nSPS) is 11.5. The molecule has 1 unspecified atom stereocenters. The van der Waals surface area contributed by atoms with Gasteiger partial charge in [-0.2, -0.15) is 0 Å². The lowest BCUT2D eigenvalue weighted by atomic mass is 10.1. The number of ether oxygens (including phenoxy) is 1. The molecule has 0 fully saturated rings. The summed E-state index contributed by atoms with van der Waals surface area (Å²) in [5.74, 6) is -2.12. The second-order valence-electron chi connectivity index (χ2n) is 5.22. The van der Waals surface area contributed by atoms with Crippen LogP contribution in [0.4, 0.5) is 15.8 Å². The van der Waals surface area contributed by atoms with Gasteiger partial charge in [0.15, 0.2) is 6.10 Å². The standard InChI is InChI=1S/C17H14ClFN2O5/c1-2-15(16(22)20-12-6-4-11(19)5-7-12)26-17(23)13-8-3-10(18)9-14(13)21(24)25/h3-9,15H,2H2,1H3,(H,20,22). The first-order valence-electron chi connectivity index (χ1n) is 7.53. The van der Waals surface area contributed by atoms with Gasteiger partial charge in [-0.1, -0.05) is 18.5 Å². The van der Waals surface area contributed by atoms with Crippen molar-refractivity contribution in [1.82, 2.24) is 0 Å². The van der Waals surface area contributed by atoms with Gasteiger partial charge in [0.25, 0.3) is 11.6 Å². The van der Waals surface area contributed by atoms with E-state index in [1.807, 2.05) is 0 Å². The highest BCUT2D eigenvalue weighted by atomic mass is 35.5. The minimum atomic E-state index is -1.18. The Labute approximate surface area is 152 Å². The summed E-state index contributed by atoms with van der Waals surface area (Å²) in [5, 5.41) is 13.6. The number of anilines is 1. The van der Waals surface area contributed by atoms with Gasteiger partial charge >= 0.3 is 5.97 Å². The number of rotatable bonds is 6. The number of hydrogen-bond donors (Lipinski definition) is 1. The van der Waals surface area contributed by atoms with E-state index in [1.165, 1.54) is 30.3 Å². The molecule has 0 heterocycles. The van der Waals surface area contributed by atoms with E-state index in [0.717, 1.165) is 12.1 Å². The van der Waals surface area contributed by atoms with E-state index >= 15 is 0 Å². The fourth-order valence-corrected chi connectivity index (χ4v) is 2.27. The van der Waals surface area contributed by atoms with E-state index in [-0.39, 0.29) is 17.0 Å². The van der Waals surface area contributed by atoms with Crippen LogP contribution >= 0.6 is 11.6 Å². The van der Waals surface area contributed by atoms with Gasteiger partial charge in [-0.05, 0) is 42.8 Å². The molecule has 136 valence electrons. The number of nitro benzene ring substituents is 1. The van der Waals surface area contributed by atoms with Crippen molar-refractivity contribution < 1.29 is 23.6 Å². The highest BCUT2D eigenvalue weighted by Crippen LogP contribution is 2.24. The average Bonchev–Trinajstić information content (AvgIpc) is 2.61. The highest BCUT2D eigenvalue weighted by molar-refractivity contribution is 6.31. The molecule has 0 bridgehead atoms. The minimum Gasteiger partial charge on any atom is -0.448 e. The Bertz CT molecular complexity index is 842. The van der Waals surface area contributed by atoms with Crippen molar-refractivity contribution in [3.8, 4) is 0 Å². The van der Waals surface area contributed by atoms with E-state index in [0.29, 0.717) is 5.69 Å². The van der Waals surface area contributed by atoms with Crippen LogP contribution in [0.15, 0.2) is 42.5 Å². The van der Waals surface area contributed by atoms with Crippen molar-refractivity contribution in [1.29, 1.82) is 0 Å². The van der Waals surface area contributed by atoms with E-state index in [9.17, 15) is 24.1 Å². The predicted molar refractivity (Wildman–Crippen MR) is 92.6 cm³/mol. The van der Waals surface area contributed by atoms with E-state index < -0.39 is 34.4 Å². The summed E-state index contributed by atoms with van der Waals surface area (Å²) >= 11 is 5.70. The Balaban J connectivity index is 2.14. The van der Waals surface area contributed by atoms with Gasteiger partial charge in [-0.25, -0.2) is 9.18 Å². The van der Waals surface area contributed by atoms with Gasteiger partial charge in [0.2, 0.25) is 0 Å². The number of esters is 1. The zero-order valence-corrected chi connectivity index (χ0v) is 14.3. The molecule has 0 aliphatic rings. The molecule has 0 radical (unpaired) electrons. The lowest BCUT2D eigenvalue weighted by Gasteiger charge is -2.16. The third kappa shape index (κ3) is 4.76. The monoisotopic (exact) mass is 380 g/mol. The third-order valence-corrected chi connectivity index (χ3v) is 3.64. The van der Waals surface area contributed by atoms with Gasteiger partial charge < -0.3 is 10.1 Å². The molecule has 9 heteroatoms. The number of halogens is 2. The first-order chi connectivity index (χ1) is 12.3. The van der Waals surface area contributed by atoms with Crippen LogP contribution in [0.2, 0.25) is 5.02 Å². The fraction of sp³-hybridized carbons (Fsp3) is 0.176. The quantitative estimate of drug-likeness (QED) is 0.464. The Morgan fingerprint density at radius 1 is 1.27 bits per heavy atom. The SMILES string of the molecule is CCC(OC(=O)c1ccc(Cl)cc1[N+](=O)[O-])C(=O)Nc1ccc(F)cc1. The molecule has 0 aliphatic heterocycles. The molecule has 0 saturated carbocycles. The van der Waals surface area contributed by atoms with Crippen molar-refractivity contribution in [3.05, 3.63) is 69.0 Å². The number of amides is 1. The molecule has 0 saturated heterocycles. The van der Waals surface area contributed by atoms with Gasteiger partial charge in [0.1, 0.15) is 11.4 Å². The molecule has 7 nitrogen and oxygen atoms in total. The van der Waals surface area contributed by atoms with Crippen LogP contribution in [0, 0.1) is 15.9 Å². The summed E-state index contributed by atoms with van der Waals surface area (Å²) in [6, 6.07) is 8.53. The molecule has 0 aromatic heterocycles. The molecular formula is C17H14ClFN2O5. The van der Waals surface area contributed by atoms with Crippen LogP contribution in [0.1, 0.15) is 23.7 Å². The van der Waals surface area contributed by atoms with Gasteiger partial charge in [-0.15, -0.1) is 0 Å². The van der Waals surface area contributed by atoms with Crippen molar-refractivity contribution in [2.75, 3.05) is 5.32 Å². The lowest BCUT2D eigenvalue weighted by Crippen LogP contribution is -2.32. The zero-order valence-electron chi connectivity index (χ0n) is 13.6. The van der Waals surface area contributed by atoms with Gasteiger partial charge in [-0.3, -0.25) is 14.9 Å². The Morgan fingerprint density at radius 2 is 1.92 bits per heavy atom. The fourth-order valence-electron chi connectivity index (χ4n) is 2.10. The van der Waals surface area contributed by atoms with Crippen molar-refractivity contribution in [2.45, 2.75) is 19.4 Å². The number of nitro groups is 1. The van der Waals surface area contributed by atoms with Crippen LogP contribution in [-0.2, 0) is 9.53 Å². The molecule has 2 rings (SSSR count). The topological polar surface area (TPSA) is 98.5 Å². The highest BCUT2D eigenvalue weighted by Gasteiger charge is 2.27. The van der Waals surface area contributed by atoms with Crippen molar-refractivity contribution in [3.63, 3.8) is 0 Å². The predicted octanol–water partition coefficient (Wildman–Crippen LogP) is 3.96. The average molecular weight is 381 g/mol. The van der Waals surface area contributed by atoms with E-state index in [4.69, 9.17) is 16.3 Å².